The first kappa shape index (κ1) is 14.2. The Bertz CT molecular complexity index is 592. The van der Waals surface area contributed by atoms with E-state index in [0.717, 1.165) is 4.88 Å². The van der Waals surface area contributed by atoms with Gasteiger partial charge >= 0.3 is 0 Å². The van der Waals surface area contributed by atoms with Crippen LogP contribution in [0.1, 0.15) is 15.2 Å². The van der Waals surface area contributed by atoms with E-state index in [-0.39, 0.29) is 5.91 Å². The van der Waals surface area contributed by atoms with Gasteiger partial charge in [0.15, 0.2) is 0 Å². The smallest absolute Gasteiger partial charge is 0.254 e. The van der Waals surface area contributed by atoms with Gasteiger partial charge in [0.05, 0.1) is 10.9 Å². The highest BCUT2D eigenvalue weighted by Crippen LogP contribution is 2.23. The van der Waals surface area contributed by atoms with Gasteiger partial charge in [0.1, 0.15) is 0 Å². The van der Waals surface area contributed by atoms with Gasteiger partial charge in [-0.3, -0.25) is 4.79 Å². The highest BCUT2D eigenvalue weighted by Gasteiger charge is 2.14. The second-order valence-electron chi connectivity index (χ2n) is 4.14. The van der Waals surface area contributed by atoms with Crippen molar-refractivity contribution in [3.8, 4) is 0 Å². The summed E-state index contributed by atoms with van der Waals surface area (Å²) in [5.74, 6) is -0.126. The van der Waals surface area contributed by atoms with Crippen molar-refractivity contribution in [3.63, 3.8) is 0 Å². The van der Waals surface area contributed by atoms with E-state index in [1.807, 2.05) is 12.1 Å². The molecule has 2 N–H and O–H groups in total. The molecule has 0 atom stereocenters. The average Bonchev–Trinajstić information content (AvgIpc) is 2.72. The zero-order chi connectivity index (χ0) is 14.0. The molecule has 0 bridgehead atoms. The van der Waals surface area contributed by atoms with Crippen molar-refractivity contribution < 1.29 is 4.79 Å². The number of thiophene rings is 1. The van der Waals surface area contributed by atoms with Crippen LogP contribution in [0.3, 0.4) is 0 Å². The van der Waals surface area contributed by atoms with Crippen LogP contribution in [0.15, 0.2) is 30.3 Å². The van der Waals surface area contributed by atoms with Crippen molar-refractivity contribution in [1.82, 2.24) is 4.90 Å². The van der Waals surface area contributed by atoms with Gasteiger partial charge in [-0.15, -0.1) is 11.3 Å². The van der Waals surface area contributed by atoms with Gasteiger partial charge in [-0.2, -0.15) is 0 Å². The summed E-state index contributed by atoms with van der Waals surface area (Å²) in [5, 5.41) is 0.455. The average molecular weight is 315 g/mol. The maximum Gasteiger partial charge on any atom is 0.254 e. The van der Waals surface area contributed by atoms with Crippen molar-refractivity contribution in [2.24, 2.45) is 0 Å². The summed E-state index contributed by atoms with van der Waals surface area (Å²) in [6.07, 6.45) is 0. The monoisotopic (exact) mass is 314 g/mol. The van der Waals surface area contributed by atoms with E-state index in [1.54, 1.807) is 30.1 Å². The molecule has 100 valence electrons. The van der Waals surface area contributed by atoms with Crippen molar-refractivity contribution in [2.75, 3.05) is 12.8 Å². The number of rotatable bonds is 3. The van der Waals surface area contributed by atoms with E-state index in [0.29, 0.717) is 27.2 Å². The number of carbonyl (C=O) groups excluding carboxylic acids is 1. The molecule has 2 rings (SSSR count). The number of hydrogen-bond donors (Lipinski definition) is 1. The molecule has 0 aliphatic heterocycles. The number of carbonyl (C=O) groups is 1. The largest absolute Gasteiger partial charge is 0.399 e. The van der Waals surface area contributed by atoms with Crippen molar-refractivity contribution >= 4 is 46.1 Å². The quantitative estimate of drug-likeness (QED) is 0.873. The van der Waals surface area contributed by atoms with Crippen molar-refractivity contribution in [3.05, 3.63) is 50.1 Å². The third-order valence-corrected chi connectivity index (χ3v) is 3.97. The number of nitrogen functional groups attached to an aromatic ring is 1. The van der Waals surface area contributed by atoms with Gasteiger partial charge < -0.3 is 10.6 Å². The van der Waals surface area contributed by atoms with E-state index in [9.17, 15) is 4.79 Å². The van der Waals surface area contributed by atoms with Crippen LogP contribution in [0, 0.1) is 0 Å². The first-order valence-electron chi connectivity index (χ1n) is 5.51. The fraction of sp³-hybridized carbons (Fsp3) is 0.154. The molecule has 0 saturated heterocycles. The van der Waals surface area contributed by atoms with Crippen LogP contribution in [0.5, 0.6) is 0 Å². The first-order chi connectivity index (χ1) is 8.95. The third-order valence-electron chi connectivity index (χ3n) is 2.54. The molecule has 0 unspecified atom stereocenters. The molecule has 19 heavy (non-hydrogen) atoms. The molecule has 1 aromatic heterocycles. The van der Waals surface area contributed by atoms with Gasteiger partial charge in [-0.05, 0) is 30.3 Å². The Kier molecular flexibility index (Phi) is 4.34. The second kappa shape index (κ2) is 5.82. The predicted molar refractivity (Wildman–Crippen MR) is 81.0 cm³/mol. The zero-order valence-corrected chi connectivity index (χ0v) is 12.5. The van der Waals surface area contributed by atoms with E-state index in [1.165, 1.54) is 11.3 Å². The number of anilines is 1. The summed E-state index contributed by atoms with van der Waals surface area (Å²) in [6, 6.07) is 8.56. The lowest BCUT2D eigenvalue weighted by Crippen LogP contribution is -2.25. The van der Waals surface area contributed by atoms with E-state index in [4.69, 9.17) is 28.9 Å². The van der Waals surface area contributed by atoms with E-state index in [2.05, 4.69) is 0 Å². The minimum atomic E-state index is -0.126. The Labute approximate surface area is 125 Å². The second-order valence-corrected chi connectivity index (χ2v) is 6.38. The minimum absolute atomic E-state index is 0.126. The summed E-state index contributed by atoms with van der Waals surface area (Å²) in [5.41, 5.74) is 6.64. The molecule has 1 amide bonds. The molecule has 1 heterocycles. The van der Waals surface area contributed by atoms with Crippen LogP contribution in [-0.2, 0) is 6.54 Å². The number of halogens is 2. The highest BCUT2D eigenvalue weighted by atomic mass is 35.5. The maximum atomic E-state index is 12.2. The predicted octanol–water partition coefficient (Wildman–Crippen LogP) is 3.91. The van der Waals surface area contributed by atoms with Crippen LogP contribution in [0.4, 0.5) is 5.69 Å². The maximum absolute atomic E-state index is 12.2. The Morgan fingerprint density at radius 1 is 1.32 bits per heavy atom. The summed E-state index contributed by atoms with van der Waals surface area (Å²) in [4.78, 5) is 14.9. The molecule has 1 aromatic carbocycles. The van der Waals surface area contributed by atoms with Crippen LogP contribution in [0.25, 0.3) is 0 Å². The van der Waals surface area contributed by atoms with Crippen LogP contribution in [-0.4, -0.2) is 17.9 Å². The lowest BCUT2D eigenvalue weighted by atomic mass is 10.2. The Morgan fingerprint density at radius 2 is 2.05 bits per heavy atom. The SMILES string of the molecule is CN(Cc1ccc(Cl)s1)C(=O)c1cc(N)cc(Cl)c1. The standard InChI is InChI=1S/C13H12Cl2N2OS/c1-17(7-11-2-3-12(15)19-11)13(18)8-4-9(14)6-10(16)5-8/h2-6H,7,16H2,1H3. The summed E-state index contributed by atoms with van der Waals surface area (Å²) >= 11 is 13.2. The van der Waals surface area contributed by atoms with Gasteiger partial charge in [-0.1, -0.05) is 23.2 Å². The first-order valence-corrected chi connectivity index (χ1v) is 7.08. The van der Waals surface area contributed by atoms with Gasteiger partial charge in [0.25, 0.3) is 5.91 Å². The zero-order valence-electron chi connectivity index (χ0n) is 10.2. The number of benzene rings is 1. The number of amides is 1. The van der Waals surface area contributed by atoms with Gasteiger partial charge in [0.2, 0.25) is 0 Å². The Hall–Kier alpha value is -1.23. The highest BCUT2D eigenvalue weighted by molar-refractivity contribution is 7.16. The topological polar surface area (TPSA) is 46.3 Å². The van der Waals surface area contributed by atoms with Crippen LogP contribution < -0.4 is 5.73 Å². The lowest BCUT2D eigenvalue weighted by Gasteiger charge is -2.16. The molecule has 0 saturated carbocycles. The molecule has 0 aliphatic carbocycles. The molecule has 0 aliphatic rings. The van der Waals surface area contributed by atoms with Gasteiger partial charge in [0, 0.05) is 28.2 Å². The molecule has 3 nitrogen and oxygen atoms in total. The molecule has 6 heteroatoms. The summed E-state index contributed by atoms with van der Waals surface area (Å²) in [6.45, 7) is 0.503. The van der Waals surface area contributed by atoms with Crippen molar-refractivity contribution in [2.45, 2.75) is 6.54 Å². The van der Waals surface area contributed by atoms with E-state index >= 15 is 0 Å². The third kappa shape index (κ3) is 3.62. The number of hydrogen-bond acceptors (Lipinski definition) is 3. The Morgan fingerprint density at radius 3 is 2.63 bits per heavy atom. The van der Waals surface area contributed by atoms with Crippen molar-refractivity contribution in [1.29, 1.82) is 0 Å². The molecular weight excluding hydrogens is 303 g/mol. The Balaban J connectivity index is 2.14. The molecule has 0 fully saturated rings. The number of nitrogens with zero attached hydrogens (tertiary/aromatic N) is 1. The summed E-state index contributed by atoms with van der Waals surface area (Å²) in [7, 11) is 1.73. The molecular formula is C13H12Cl2N2OS. The van der Waals surface area contributed by atoms with E-state index < -0.39 is 0 Å². The molecule has 0 radical (unpaired) electrons. The van der Waals surface area contributed by atoms with Crippen LogP contribution in [0.2, 0.25) is 9.36 Å². The molecule has 0 spiro atoms. The normalized spacial score (nSPS) is 10.5. The number of nitrogens with two attached hydrogens (primary N) is 1. The fourth-order valence-corrected chi connectivity index (χ4v) is 3.08. The molecule has 2 aromatic rings. The summed E-state index contributed by atoms with van der Waals surface area (Å²) < 4.78 is 0.711. The lowest BCUT2D eigenvalue weighted by molar-refractivity contribution is 0.0786. The minimum Gasteiger partial charge on any atom is -0.399 e. The van der Waals surface area contributed by atoms with Crippen LogP contribution >= 0.6 is 34.5 Å². The van der Waals surface area contributed by atoms with Gasteiger partial charge in [-0.25, -0.2) is 0 Å². The fourth-order valence-electron chi connectivity index (χ4n) is 1.70.